The van der Waals surface area contributed by atoms with Gasteiger partial charge in [-0.25, -0.2) is 4.39 Å². The first-order valence-electron chi connectivity index (χ1n) is 17.2. The van der Waals surface area contributed by atoms with Gasteiger partial charge >= 0.3 is 0 Å². The van der Waals surface area contributed by atoms with Crippen molar-refractivity contribution in [1.29, 1.82) is 0 Å². The molecule has 0 aliphatic heterocycles. The van der Waals surface area contributed by atoms with Gasteiger partial charge < -0.3 is 9.97 Å². The van der Waals surface area contributed by atoms with Gasteiger partial charge in [-0.3, -0.25) is 0 Å². The Balaban J connectivity index is 0.000000237. The van der Waals surface area contributed by atoms with E-state index in [1.165, 1.54) is 22.1 Å². The fourth-order valence-electron chi connectivity index (χ4n) is 5.92. The van der Waals surface area contributed by atoms with Crippen molar-refractivity contribution < 1.29 is 27.2 Å². The van der Waals surface area contributed by atoms with Crippen LogP contribution in [-0.4, -0.2) is 26.1 Å². The number of rotatable bonds is 6. The molecule has 4 aromatic carbocycles. The molecule has 3 heterocycles. The third-order valence-corrected chi connectivity index (χ3v) is 12.5. The SMILES string of the molecule is Cc1cc(-c2[c-]cccc2)ncc1[Si](C)(C)C.[2H]C([2H])(c1ccnc(-c2[c-]ccc3c2sc2c(F)c(-c4ccccc4)ccc23)c1)[Si](C)(C)C.[Ir]. The van der Waals surface area contributed by atoms with E-state index in [1.54, 1.807) is 12.3 Å². The normalized spacial score (nSPS) is 12.5. The molecule has 7 rings (SSSR count). The average molecular weight is 875 g/mol. The molecule has 0 aliphatic carbocycles. The topological polar surface area (TPSA) is 25.8 Å². The summed E-state index contributed by atoms with van der Waals surface area (Å²) in [5.41, 5.74) is 6.95. The Kier molecular flexibility index (Phi) is 10.5. The monoisotopic (exact) mass is 875 g/mol. The van der Waals surface area contributed by atoms with E-state index >= 15 is 4.39 Å². The summed E-state index contributed by atoms with van der Waals surface area (Å²) in [6, 6.07) is 37.5. The van der Waals surface area contributed by atoms with Crippen LogP contribution in [-0.2, 0) is 26.1 Å². The van der Waals surface area contributed by atoms with Crippen molar-refractivity contribution in [2.75, 3.05) is 0 Å². The van der Waals surface area contributed by atoms with Gasteiger partial charge in [0.1, 0.15) is 5.82 Å². The third kappa shape index (κ3) is 8.42. The Morgan fingerprint density at radius 2 is 1.51 bits per heavy atom. The second kappa shape index (κ2) is 15.1. The molecule has 0 unspecified atom stereocenters. The summed E-state index contributed by atoms with van der Waals surface area (Å²) in [7, 11) is -3.40. The van der Waals surface area contributed by atoms with Crippen molar-refractivity contribution in [2.24, 2.45) is 0 Å². The van der Waals surface area contributed by atoms with Gasteiger partial charge in [0, 0.05) is 48.9 Å². The van der Waals surface area contributed by atoms with Crippen LogP contribution in [0.1, 0.15) is 13.9 Å². The maximum atomic E-state index is 15.6. The molecule has 0 atom stereocenters. The van der Waals surface area contributed by atoms with E-state index in [1.807, 2.05) is 98.5 Å². The largest absolute Gasteiger partial charge is 0.305 e. The molecule has 0 spiro atoms. The second-order valence-electron chi connectivity index (χ2n) is 14.1. The number of pyridine rings is 2. The van der Waals surface area contributed by atoms with Gasteiger partial charge in [0.15, 0.2) is 0 Å². The summed E-state index contributed by atoms with van der Waals surface area (Å²) < 4.78 is 34.6. The number of aromatic nitrogens is 2. The molecule has 0 saturated heterocycles. The zero-order valence-electron chi connectivity index (χ0n) is 30.9. The van der Waals surface area contributed by atoms with Crippen LogP contribution in [0.15, 0.2) is 109 Å². The summed E-state index contributed by atoms with van der Waals surface area (Å²) in [5, 5.41) is 3.27. The standard InChI is InChI=1S/C27H23FNSSi.C15H18NSi.Ir/c1-31(2,3)17-18-14-15-29-24(16-18)23-11-7-10-21-22-13-12-20(19-8-5-4-6-9-19)25(28)27(22)30-26(21)23;1-12-10-14(13-8-6-5-7-9-13)16-11-15(12)17(2,3)4;/h4-10,12-16H,17H2,1-3H3;5-8,10-11H,1-4H3;/q2*-1;/i17D2;;. The molecular formula is C42H41FIrN2SSi2-2. The molecule has 49 heavy (non-hydrogen) atoms. The summed E-state index contributed by atoms with van der Waals surface area (Å²) in [6.45, 7) is 15.3. The molecular weight excluding hydrogens is 832 g/mol. The quantitative estimate of drug-likeness (QED) is 0.123. The Morgan fingerprint density at radius 3 is 2.18 bits per heavy atom. The molecule has 7 heteroatoms. The number of aryl methyl sites for hydroxylation is 1. The third-order valence-electron chi connectivity index (χ3n) is 8.06. The van der Waals surface area contributed by atoms with Crippen LogP contribution < -0.4 is 5.19 Å². The van der Waals surface area contributed by atoms with E-state index < -0.39 is 22.1 Å². The molecule has 1 radical (unpaired) electrons. The first kappa shape index (κ1) is 33.9. The van der Waals surface area contributed by atoms with Crippen LogP contribution in [0.4, 0.5) is 4.39 Å². The number of halogens is 1. The minimum atomic E-state index is -2.13. The summed E-state index contributed by atoms with van der Waals surface area (Å²) in [5.74, 6) is -1.61. The fourth-order valence-corrected chi connectivity index (χ4v) is 9.90. The summed E-state index contributed by atoms with van der Waals surface area (Å²) in [4.78, 5) is 9.12. The van der Waals surface area contributed by atoms with Crippen molar-refractivity contribution in [1.82, 2.24) is 9.97 Å². The van der Waals surface area contributed by atoms with Crippen molar-refractivity contribution in [3.8, 4) is 33.6 Å². The predicted molar refractivity (Wildman–Crippen MR) is 210 cm³/mol. The Hall–Kier alpha value is -3.59. The molecule has 0 saturated carbocycles. The zero-order valence-corrected chi connectivity index (χ0v) is 34.1. The smallest absolute Gasteiger partial charge is 0.147 e. The number of fused-ring (bicyclic) bond motifs is 3. The molecule has 0 amide bonds. The maximum absolute atomic E-state index is 15.6. The average Bonchev–Trinajstić information content (AvgIpc) is 3.48. The second-order valence-corrected chi connectivity index (χ2v) is 24.9. The Bertz CT molecular complexity index is 2300. The minimum absolute atomic E-state index is 0. The van der Waals surface area contributed by atoms with E-state index in [0.717, 1.165) is 37.9 Å². The van der Waals surface area contributed by atoms with Gasteiger partial charge in [0.05, 0.1) is 12.8 Å². The number of nitrogens with zero attached hydrogens (tertiary/aromatic N) is 2. The predicted octanol–water partition coefficient (Wildman–Crippen LogP) is 11.5. The van der Waals surface area contributed by atoms with Gasteiger partial charge in [-0.15, -0.1) is 59.7 Å². The maximum Gasteiger partial charge on any atom is 0.147 e. The van der Waals surface area contributed by atoms with Crippen molar-refractivity contribution in [3.63, 3.8) is 0 Å². The number of hydrogen-bond donors (Lipinski definition) is 0. The summed E-state index contributed by atoms with van der Waals surface area (Å²) in [6.07, 6.45) is 3.72. The number of thiophene rings is 1. The van der Waals surface area contributed by atoms with Crippen LogP contribution >= 0.6 is 11.3 Å². The first-order chi connectivity index (χ1) is 23.7. The summed E-state index contributed by atoms with van der Waals surface area (Å²) >= 11 is 1.41. The van der Waals surface area contributed by atoms with E-state index in [4.69, 9.17) is 2.74 Å². The van der Waals surface area contributed by atoms with Crippen LogP contribution in [0.2, 0.25) is 39.3 Å². The number of hydrogen-bond acceptors (Lipinski definition) is 3. The molecule has 7 aromatic rings. The van der Waals surface area contributed by atoms with Gasteiger partial charge in [0.2, 0.25) is 0 Å². The van der Waals surface area contributed by atoms with Gasteiger partial charge in [-0.1, -0.05) is 110 Å². The zero-order chi connectivity index (χ0) is 35.8. The minimum Gasteiger partial charge on any atom is -0.305 e. The van der Waals surface area contributed by atoms with Crippen LogP contribution in [0.3, 0.4) is 0 Å². The molecule has 251 valence electrons. The van der Waals surface area contributed by atoms with Crippen LogP contribution in [0, 0.1) is 24.9 Å². The molecule has 2 nitrogen and oxygen atoms in total. The van der Waals surface area contributed by atoms with E-state index in [0.29, 0.717) is 21.5 Å². The van der Waals surface area contributed by atoms with E-state index in [2.05, 4.69) is 67.0 Å². The van der Waals surface area contributed by atoms with Gasteiger partial charge in [-0.05, 0) is 51.2 Å². The fraction of sp³-hybridized carbons (Fsp3) is 0.190. The van der Waals surface area contributed by atoms with Gasteiger partial charge in [0.25, 0.3) is 0 Å². The van der Waals surface area contributed by atoms with Crippen molar-refractivity contribution in [3.05, 3.63) is 139 Å². The van der Waals surface area contributed by atoms with Crippen molar-refractivity contribution >= 4 is 52.8 Å². The molecule has 0 aliphatic rings. The van der Waals surface area contributed by atoms with Crippen LogP contribution in [0.5, 0.6) is 0 Å². The van der Waals surface area contributed by atoms with E-state index in [9.17, 15) is 0 Å². The van der Waals surface area contributed by atoms with E-state index in [-0.39, 0.29) is 25.9 Å². The molecule has 3 aromatic heterocycles. The van der Waals surface area contributed by atoms with Crippen LogP contribution in [0.25, 0.3) is 53.8 Å². The molecule has 0 fully saturated rings. The Morgan fingerprint density at radius 1 is 0.776 bits per heavy atom. The molecule has 0 bridgehead atoms. The Labute approximate surface area is 312 Å². The van der Waals surface area contributed by atoms with Gasteiger partial charge in [-0.2, -0.15) is 11.3 Å². The first-order valence-corrected chi connectivity index (χ1v) is 24.0. The van der Waals surface area contributed by atoms with Crippen molar-refractivity contribution in [2.45, 2.75) is 52.2 Å². The number of benzene rings is 4. The molecule has 0 N–H and O–H groups in total.